The summed E-state index contributed by atoms with van der Waals surface area (Å²) in [6, 6.07) is 7.47. The zero-order valence-corrected chi connectivity index (χ0v) is 15.3. The number of hydrogen-bond donors (Lipinski definition) is 1. The number of ether oxygens (including phenoxy) is 2. The molecule has 0 bridgehead atoms. The van der Waals surface area contributed by atoms with Gasteiger partial charge in [-0.05, 0) is 31.9 Å². The molecule has 8 heteroatoms. The molecule has 7 nitrogen and oxygen atoms in total. The van der Waals surface area contributed by atoms with Crippen LogP contribution in [0.5, 0.6) is 11.8 Å². The highest BCUT2D eigenvalue weighted by atomic mass is 35.5. The van der Waals surface area contributed by atoms with Crippen LogP contribution in [0.25, 0.3) is 0 Å². The van der Waals surface area contributed by atoms with Crippen molar-refractivity contribution >= 4 is 23.3 Å². The summed E-state index contributed by atoms with van der Waals surface area (Å²) in [5, 5.41) is 3.37. The van der Waals surface area contributed by atoms with Crippen LogP contribution >= 0.6 is 11.6 Å². The minimum absolute atomic E-state index is 0.155. The van der Waals surface area contributed by atoms with E-state index in [1.54, 1.807) is 4.90 Å². The first-order valence-corrected chi connectivity index (χ1v) is 8.95. The molecule has 1 fully saturated rings. The third kappa shape index (κ3) is 4.76. The summed E-state index contributed by atoms with van der Waals surface area (Å²) in [5.41, 5.74) is 0.656. The monoisotopic (exact) mass is 376 g/mol. The van der Waals surface area contributed by atoms with Gasteiger partial charge < -0.3 is 19.7 Å². The Morgan fingerprint density at radius 3 is 2.88 bits per heavy atom. The average Bonchev–Trinajstić information content (AvgIpc) is 2.66. The molecular formula is C18H21ClN4O3. The van der Waals surface area contributed by atoms with Crippen molar-refractivity contribution < 1.29 is 14.3 Å². The predicted octanol–water partition coefficient (Wildman–Crippen LogP) is 3.60. The molecule has 1 aliphatic heterocycles. The third-order valence-electron chi connectivity index (χ3n) is 3.96. The third-order valence-corrected chi connectivity index (χ3v) is 4.16. The van der Waals surface area contributed by atoms with Crippen molar-refractivity contribution in [2.75, 3.05) is 25.0 Å². The number of carbonyl (C=O) groups excluding carboxylic acids is 1. The van der Waals surface area contributed by atoms with Crippen molar-refractivity contribution in [2.45, 2.75) is 25.9 Å². The van der Waals surface area contributed by atoms with Gasteiger partial charge in [0.05, 0.1) is 36.3 Å². The minimum atomic E-state index is -0.178. The van der Waals surface area contributed by atoms with Crippen LogP contribution in [-0.4, -0.2) is 46.7 Å². The number of nitrogens with one attached hydrogen (secondary N) is 1. The SMILES string of the molecule is CCOc1ccccc1NC(=O)N1CCCC(Oc2ncc(Cl)cn2)C1. The maximum absolute atomic E-state index is 12.6. The quantitative estimate of drug-likeness (QED) is 0.862. The highest BCUT2D eigenvalue weighted by Crippen LogP contribution is 2.25. The minimum Gasteiger partial charge on any atom is -0.492 e. The van der Waals surface area contributed by atoms with E-state index in [0.29, 0.717) is 36.2 Å². The fraction of sp³-hybridized carbons (Fsp3) is 0.389. The number of anilines is 1. The summed E-state index contributed by atoms with van der Waals surface area (Å²) < 4.78 is 11.3. The molecule has 3 rings (SSSR count). The molecule has 1 N–H and O–H groups in total. The number of hydrogen-bond acceptors (Lipinski definition) is 5. The van der Waals surface area contributed by atoms with Gasteiger partial charge in [0.2, 0.25) is 0 Å². The Morgan fingerprint density at radius 2 is 2.12 bits per heavy atom. The Hall–Kier alpha value is -2.54. The predicted molar refractivity (Wildman–Crippen MR) is 98.9 cm³/mol. The van der Waals surface area contributed by atoms with E-state index >= 15 is 0 Å². The number of halogens is 1. The number of likely N-dealkylation sites (tertiary alicyclic amines) is 1. The molecular weight excluding hydrogens is 356 g/mol. The summed E-state index contributed by atoms with van der Waals surface area (Å²) in [7, 11) is 0. The molecule has 0 aliphatic carbocycles. The maximum Gasteiger partial charge on any atom is 0.322 e. The van der Waals surface area contributed by atoms with Gasteiger partial charge in [0, 0.05) is 6.54 Å². The number of carbonyl (C=O) groups is 1. The van der Waals surface area contributed by atoms with Gasteiger partial charge >= 0.3 is 12.0 Å². The topological polar surface area (TPSA) is 76.6 Å². The number of nitrogens with zero attached hydrogens (tertiary/aromatic N) is 3. The molecule has 0 spiro atoms. The van der Waals surface area contributed by atoms with Crippen molar-refractivity contribution in [2.24, 2.45) is 0 Å². The molecule has 2 heterocycles. The van der Waals surface area contributed by atoms with Gasteiger partial charge in [-0.1, -0.05) is 23.7 Å². The van der Waals surface area contributed by atoms with Crippen LogP contribution in [0.15, 0.2) is 36.7 Å². The molecule has 0 saturated carbocycles. The standard InChI is InChI=1S/C18H21ClN4O3/c1-2-25-16-8-4-3-7-15(16)22-18(24)23-9-5-6-14(12-23)26-17-20-10-13(19)11-21-17/h3-4,7-8,10-11,14H,2,5-6,9,12H2,1H3,(H,22,24). The van der Waals surface area contributed by atoms with Crippen LogP contribution in [0, 0.1) is 0 Å². The summed E-state index contributed by atoms with van der Waals surface area (Å²) in [6.07, 6.45) is 4.51. The van der Waals surface area contributed by atoms with E-state index in [1.165, 1.54) is 12.4 Å². The largest absolute Gasteiger partial charge is 0.492 e. The maximum atomic E-state index is 12.6. The summed E-state index contributed by atoms with van der Waals surface area (Å²) in [4.78, 5) is 22.4. The fourth-order valence-corrected chi connectivity index (χ4v) is 2.87. The molecule has 1 aliphatic rings. The van der Waals surface area contributed by atoms with Crippen molar-refractivity contribution in [3.05, 3.63) is 41.7 Å². The molecule has 2 aromatic rings. The van der Waals surface area contributed by atoms with Crippen LogP contribution in [0.3, 0.4) is 0 Å². The Bertz CT molecular complexity index is 741. The van der Waals surface area contributed by atoms with E-state index in [2.05, 4.69) is 15.3 Å². The number of rotatable bonds is 5. The number of para-hydroxylation sites is 2. The molecule has 2 amide bonds. The van der Waals surface area contributed by atoms with Crippen LogP contribution < -0.4 is 14.8 Å². The molecule has 0 radical (unpaired) electrons. The lowest BCUT2D eigenvalue weighted by molar-refractivity contribution is 0.0983. The number of amides is 2. The highest BCUT2D eigenvalue weighted by molar-refractivity contribution is 6.30. The van der Waals surface area contributed by atoms with Crippen LogP contribution in [0.2, 0.25) is 5.02 Å². The van der Waals surface area contributed by atoms with Gasteiger partial charge in [-0.25, -0.2) is 14.8 Å². The van der Waals surface area contributed by atoms with Crippen LogP contribution in [0.4, 0.5) is 10.5 Å². The van der Waals surface area contributed by atoms with Gasteiger partial charge in [-0.3, -0.25) is 0 Å². The fourth-order valence-electron chi connectivity index (χ4n) is 2.77. The molecule has 26 heavy (non-hydrogen) atoms. The zero-order valence-electron chi connectivity index (χ0n) is 14.5. The lowest BCUT2D eigenvalue weighted by Gasteiger charge is -2.32. The second-order valence-electron chi connectivity index (χ2n) is 5.87. The van der Waals surface area contributed by atoms with E-state index < -0.39 is 0 Å². The second-order valence-corrected chi connectivity index (χ2v) is 6.31. The molecule has 1 atom stereocenters. The summed E-state index contributed by atoms with van der Waals surface area (Å²) in [6.45, 7) is 3.58. The first-order chi connectivity index (χ1) is 12.7. The number of urea groups is 1. The molecule has 1 saturated heterocycles. The van der Waals surface area contributed by atoms with E-state index in [1.807, 2.05) is 31.2 Å². The molecule has 1 unspecified atom stereocenters. The van der Waals surface area contributed by atoms with Crippen molar-refractivity contribution in [1.29, 1.82) is 0 Å². The van der Waals surface area contributed by atoms with E-state index in [-0.39, 0.29) is 18.1 Å². The van der Waals surface area contributed by atoms with Gasteiger partial charge in [0.25, 0.3) is 0 Å². The van der Waals surface area contributed by atoms with Crippen LogP contribution in [-0.2, 0) is 0 Å². The molecule has 138 valence electrons. The summed E-state index contributed by atoms with van der Waals surface area (Å²) in [5.74, 6) is 0.655. The average molecular weight is 377 g/mol. The first-order valence-electron chi connectivity index (χ1n) is 8.57. The number of aromatic nitrogens is 2. The van der Waals surface area contributed by atoms with E-state index in [4.69, 9.17) is 21.1 Å². The van der Waals surface area contributed by atoms with E-state index in [9.17, 15) is 4.79 Å². The van der Waals surface area contributed by atoms with Crippen LogP contribution in [0.1, 0.15) is 19.8 Å². The van der Waals surface area contributed by atoms with Gasteiger partial charge in [-0.15, -0.1) is 0 Å². The van der Waals surface area contributed by atoms with Crippen molar-refractivity contribution in [1.82, 2.24) is 14.9 Å². The normalized spacial score (nSPS) is 16.8. The Morgan fingerprint density at radius 1 is 1.35 bits per heavy atom. The number of piperidine rings is 1. The number of benzene rings is 1. The van der Waals surface area contributed by atoms with Crippen molar-refractivity contribution in [3.63, 3.8) is 0 Å². The smallest absolute Gasteiger partial charge is 0.322 e. The Kier molecular flexibility index (Phi) is 6.12. The Balaban J connectivity index is 1.60. The van der Waals surface area contributed by atoms with Gasteiger partial charge in [0.15, 0.2) is 0 Å². The Labute approximate surface area is 157 Å². The summed E-state index contributed by atoms with van der Waals surface area (Å²) >= 11 is 5.78. The lowest BCUT2D eigenvalue weighted by atomic mass is 10.1. The van der Waals surface area contributed by atoms with Crippen molar-refractivity contribution in [3.8, 4) is 11.8 Å². The van der Waals surface area contributed by atoms with E-state index in [0.717, 1.165) is 12.8 Å². The first kappa shape index (κ1) is 18.3. The zero-order chi connectivity index (χ0) is 18.4. The lowest BCUT2D eigenvalue weighted by Crippen LogP contribution is -2.46. The second kappa shape index (κ2) is 8.71. The van der Waals surface area contributed by atoms with Gasteiger partial charge in [-0.2, -0.15) is 0 Å². The highest BCUT2D eigenvalue weighted by Gasteiger charge is 2.26. The molecule has 1 aromatic heterocycles. The van der Waals surface area contributed by atoms with Gasteiger partial charge in [0.1, 0.15) is 11.9 Å². The molecule has 1 aromatic carbocycles.